The third-order valence-electron chi connectivity index (χ3n) is 2.33. The highest BCUT2D eigenvalue weighted by Crippen LogP contribution is 2.18. The Morgan fingerprint density at radius 3 is 2.53 bits per heavy atom. The van der Waals surface area contributed by atoms with Crippen molar-refractivity contribution in [2.75, 3.05) is 6.61 Å². The summed E-state index contributed by atoms with van der Waals surface area (Å²) in [5, 5.41) is 30.3. The molecule has 7 nitrogen and oxygen atoms in total. The van der Waals surface area contributed by atoms with E-state index in [0.29, 0.717) is 0 Å². The first kappa shape index (κ1) is 12.3. The van der Waals surface area contributed by atoms with Gasteiger partial charge >= 0.3 is 0 Å². The number of aliphatic hydroxyl groups is 3. The molecule has 1 saturated heterocycles. The summed E-state index contributed by atoms with van der Waals surface area (Å²) in [4.78, 5) is 10.8. The number of rotatable bonds is 2. The SMILES string of the molecule is CC(=O)N[C@H]1C(N)O[C@H](CO)[C@@H](O)[C@@H]1O. The van der Waals surface area contributed by atoms with Gasteiger partial charge in [-0.25, -0.2) is 0 Å². The van der Waals surface area contributed by atoms with Crippen molar-refractivity contribution >= 4 is 5.91 Å². The van der Waals surface area contributed by atoms with E-state index in [2.05, 4.69) is 5.32 Å². The van der Waals surface area contributed by atoms with Crippen molar-refractivity contribution in [1.82, 2.24) is 5.32 Å². The van der Waals surface area contributed by atoms with Gasteiger partial charge in [-0.3, -0.25) is 4.79 Å². The average Bonchev–Trinajstić information content (AvgIpc) is 2.18. The van der Waals surface area contributed by atoms with E-state index in [4.69, 9.17) is 15.6 Å². The van der Waals surface area contributed by atoms with Crippen LogP contribution in [0.5, 0.6) is 0 Å². The van der Waals surface area contributed by atoms with Crippen LogP contribution in [0.25, 0.3) is 0 Å². The standard InChI is InChI=1S/C8H16N2O5/c1-3(12)10-5-7(14)6(13)4(2-11)15-8(5)9/h4-8,11,13-14H,2,9H2,1H3,(H,10,12)/t4-,5-,6-,7-,8?/m1/s1. The van der Waals surface area contributed by atoms with E-state index in [1.165, 1.54) is 6.92 Å². The monoisotopic (exact) mass is 220 g/mol. The van der Waals surface area contributed by atoms with Gasteiger partial charge in [-0.2, -0.15) is 0 Å². The molecule has 1 unspecified atom stereocenters. The van der Waals surface area contributed by atoms with Gasteiger partial charge in [0.25, 0.3) is 0 Å². The molecule has 1 amide bonds. The summed E-state index contributed by atoms with van der Waals surface area (Å²) < 4.78 is 5.03. The van der Waals surface area contributed by atoms with Crippen LogP contribution in [0.4, 0.5) is 0 Å². The Morgan fingerprint density at radius 1 is 1.47 bits per heavy atom. The predicted octanol–water partition coefficient (Wildman–Crippen LogP) is -3.11. The molecule has 1 heterocycles. The van der Waals surface area contributed by atoms with Gasteiger partial charge < -0.3 is 31.1 Å². The lowest BCUT2D eigenvalue weighted by Gasteiger charge is -2.40. The molecule has 0 bridgehead atoms. The van der Waals surface area contributed by atoms with Crippen LogP contribution in [0.3, 0.4) is 0 Å². The molecule has 6 N–H and O–H groups in total. The minimum atomic E-state index is -1.27. The number of carbonyl (C=O) groups excluding carboxylic acids is 1. The van der Waals surface area contributed by atoms with E-state index >= 15 is 0 Å². The maximum atomic E-state index is 10.8. The summed E-state index contributed by atoms with van der Waals surface area (Å²) >= 11 is 0. The van der Waals surface area contributed by atoms with Gasteiger partial charge in [0.15, 0.2) is 0 Å². The Kier molecular flexibility index (Phi) is 4.00. The average molecular weight is 220 g/mol. The van der Waals surface area contributed by atoms with E-state index in [0.717, 1.165) is 0 Å². The third-order valence-corrected chi connectivity index (χ3v) is 2.33. The lowest BCUT2D eigenvalue weighted by atomic mass is 9.96. The third kappa shape index (κ3) is 2.64. The molecule has 7 heteroatoms. The highest BCUT2D eigenvalue weighted by Gasteiger charge is 2.42. The molecule has 1 fully saturated rings. The van der Waals surface area contributed by atoms with Crippen molar-refractivity contribution in [2.24, 2.45) is 5.73 Å². The molecule has 1 rings (SSSR count). The molecule has 88 valence electrons. The topological polar surface area (TPSA) is 125 Å². The molecule has 5 atom stereocenters. The fourth-order valence-corrected chi connectivity index (χ4v) is 1.55. The molecular weight excluding hydrogens is 204 g/mol. The van der Waals surface area contributed by atoms with Crippen molar-refractivity contribution in [3.8, 4) is 0 Å². The summed E-state index contributed by atoms with van der Waals surface area (Å²) in [6, 6.07) is -0.875. The summed E-state index contributed by atoms with van der Waals surface area (Å²) in [7, 11) is 0. The van der Waals surface area contributed by atoms with Crippen LogP contribution in [-0.4, -0.2) is 58.4 Å². The molecule has 0 aromatic rings. The number of amides is 1. The van der Waals surface area contributed by atoms with Crippen LogP contribution in [0.2, 0.25) is 0 Å². The first-order chi connectivity index (χ1) is 6.97. The van der Waals surface area contributed by atoms with Crippen molar-refractivity contribution in [3.05, 3.63) is 0 Å². The Morgan fingerprint density at radius 2 is 2.07 bits per heavy atom. The smallest absolute Gasteiger partial charge is 0.217 e. The number of aliphatic hydroxyl groups excluding tert-OH is 3. The summed E-state index contributed by atoms with van der Waals surface area (Å²) in [5.74, 6) is -0.382. The Balaban J connectivity index is 2.70. The second-order valence-electron chi connectivity index (χ2n) is 3.53. The van der Waals surface area contributed by atoms with E-state index in [-0.39, 0.29) is 5.91 Å². The Bertz CT molecular complexity index is 237. The lowest BCUT2D eigenvalue weighted by molar-refractivity contribution is -0.193. The zero-order valence-corrected chi connectivity index (χ0v) is 8.33. The van der Waals surface area contributed by atoms with E-state index in [1.54, 1.807) is 0 Å². The van der Waals surface area contributed by atoms with Crippen LogP contribution < -0.4 is 11.1 Å². The number of ether oxygens (including phenoxy) is 1. The number of hydrogen-bond acceptors (Lipinski definition) is 6. The van der Waals surface area contributed by atoms with Crippen molar-refractivity contribution in [1.29, 1.82) is 0 Å². The largest absolute Gasteiger partial charge is 0.394 e. The molecular formula is C8H16N2O5. The van der Waals surface area contributed by atoms with Gasteiger partial charge in [0.05, 0.1) is 12.6 Å². The predicted molar refractivity (Wildman–Crippen MR) is 49.6 cm³/mol. The fourth-order valence-electron chi connectivity index (χ4n) is 1.55. The molecule has 1 aliphatic heterocycles. The van der Waals surface area contributed by atoms with E-state index in [1.807, 2.05) is 0 Å². The minimum Gasteiger partial charge on any atom is -0.394 e. The van der Waals surface area contributed by atoms with Crippen LogP contribution >= 0.6 is 0 Å². The minimum absolute atomic E-state index is 0.382. The van der Waals surface area contributed by atoms with Crippen molar-refractivity contribution < 1.29 is 24.9 Å². The Labute approximate surface area is 86.8 Å². The number of carbonyl (C=O) groups is 1. The van der Waals surface area contributed by atoms with Crippen molar-refractivity contribution in [3.63, 3.8) is 0 Å². The van der Waals surface area contributed by atoms with Gasteiger partial charge in [0, 0.05) is 6.92 Å². The first-order valence-electron chi connectivity index (χ1n) is 4.62. The van der Waals surface area contributed by atoms with E-state index < -0.39 is 37.2 Å². The highest BCUT2D eigenvalue weighted by atomic mass is 16.5. The van der Waals surface area contributed by atoms with Gasteiger partial charge in [0.1, 0.15) is 24.5 Å². The summed E-state index contributed by atoms with van der Waals surface area (Å²) in [6.45, 7) is 0.822. The van der Waals surface area contributed by atoms with Crippen LogP contribution in [-0.2, 0) is 9.53 Å². The van der Waals surface area contributed by atoms with Gasteiger partial charge in [0.2, 0.25) is 5.91 Å². The molecule has 0 aromatic carbocycles. The molecule has 0 aromatic heterocycles. The molecule has 0 saturated carbocycles. The lowest BCUT2D eigenvalue weighted by Crippen LogP contribution is -2.66. The second kappa shape index (κ2) is 4.86. The quantitative estimate of drug-likeness (QED) is 0.335. The molecule has 0 radical (unpaired) electrons. The maximum Gasteiger partial charge on any atom is 0.217 e. The summed E-state index contributed by atoms with van der Waals surface area (Å²) in [5.41, 5.74) is 5.53. The normalized spacial score (nSPS) is 41.3. The summed E-state index contributed by atoms with van der Waals surface area (Å²) in [6.07, 6.45) is -4.41. The fraction of sp³-hybridized carbons (Fsp3) is 0.875. The van der Waals surface area contributed by atoms with Gasteiger partial charge in [-0.05, 0) is 0 Å². The van der Waals surface area contributed by atoms with Crippen LogP contribution in [0.1, 0.15) is 6.92 Å². The zero-order valence-electron chi connectivity index (χ0n) is 8.33. The number of hydrogen-bond donors (Lipinski definition) is 5. The van der Waals surface area contributed by atoms with E-state index in [9.17, 15) is 15.0 Å². The second-order valence-corrected chi connectivity index (χ2v) is 3.53. The maximum absolute atomic E-state index is 10.8. The molecule has 15 heavy (non-hydrogen) atoms. The van der Waals surface area contributed by atoms with Gasteiger partial charge in [-0.15, -0.1) is 0 Å². The molecule has 1 aliphatic rings. The Hall–Kier alpha value is -0.730. The molecule has 0 spiro atoms. The number of nitrogens with one attached hydrogen (secondary N) is 1. The van der Waals surface area contributed by atoms with Crippen LogP contribution in [0, 0.1) is 0 Å². The highest BCUT2D eigenvalue weighted by molar-refractivity contribution is 5.73. The molecule has 0 aliphatic carbocycles. The number of nitrogens with two attached hydrogens (primary N) is 1. The first-order valence-corrected chi connectivity index (χ1v) is 4.62. The zero-order chi connectivity index (χ0) is 11.6. The van der Waals surface area contributed by atoms with Gasteiger partial charge in [-0.1, -0.05) is 0 Å². The van der Waals surface area contributed by atoms with Crippen molar-refractivity contribution in [2.45, 2.75) is 37.5 Å². The van der Waals surface area contributed by atoms with Crippen LogP contribution in [0.15, 0.2) is 0 Å².